The largest absolute Gasteiger partial charge is 0.341 e. The van der Waals surface area contributed by atoms with Crippen molar-refractivity contribution in [1.82, 2.24) is 24.6 Å². The third kappa shape index (κ3) is 3.99. The number of nitrogens with two attached hydrogens (primary N) is 1. The highest BCUT2D eigenvalue weighted by Crippen LogP contribution is 2.19. The zero-order valence-corrected chi connectivity index (χ0v) is 15.9. The van der Waals surface area contributed by atoms with Gasteiger partial charge in [-0.2, -0.15) is 5.10 Å². The highest BCUT2D eigenvalue weighted by Gasteiger charge is 2.25. The molecule has 1 saturated heterocycles. The van der Waals surface area contributed by atoms with Crippen LogP contribution in [0.15, 0.2) is 6.07 Å². The van der Waals surface area contributed by atoms with Crippen molar-refractivity contribution in [1.29, 1.82) is 0 Å². The summed E-state index contributed by atoms with van der Waals surface area (Å²) in [5.41, 5.74) is 10.4. The molecule has 0 aliphatic carbocycles. The van der Waals surface area contributed by atoms with Crippen LogP contribution >= 0.6 is 12.4 Å². The molecule has 1 aliphatic rings. The summed E-state index contributed by atoms with van der Waals surface area (Å²) in [7, 11) is 0. The van der Waals surface area contributed by atoms with E-state index in [1.54, 1.807) is 4.68 Å². The summed E-state index contributed by atoms with van der Waals surface area (Å²) in [5.74, 6) is 0.657. The molecule has 0 radical (unpaired) electrons. The van der Waals surface area contributed by atoms with E-state index in [1.165, 1.54) is 0 Å². The molecule has 1 aliphatic heterocycles. The van der Waals surface area contributed by atoms with E-state index >= 15 is 0 Å². The van der Waals surface area contributed by atoms with Crippen LogP contribution in [0.4, 0.5) is 0 Å². The molecule has 8 heteroatoms. The summed E-state index contributed by atoms with van der Waals surface area (Å²) >= 11 is 0. The van der Waals surface area contributed by atoms with Crippen LogP contribution in [0, 0.1) is 27.7 Å². The van der Waals surface area contributed by atoms with Gasteiger partial charge in [-0.05, 0) is 40.2 Å². The van der Waals surface area contributed by atoms with E-state index in [-0.39, 0.29) is 24.4 Å². The first-order chi connectivity index (χ1) is 11.3. The maximum absolute atomic E-state index is 12.5. The molecule has 2 aromatic rings. The lowest BCUT2D eigenvalue weighted by Crippen LogP contribution is -2.33. The number of aromatic nitrogens is 4. The second kappa shape index (κ2) is 7.49. The number of carbonyl (C=O) groups excluding carboxylic acids is 1. The standard InChI is InChI=1S/C17H24N6O.ClH/c1-10-7-11(2)20-17(19-10)23-13(4)15(12(3)21-23)8-16(24)22-6-5-14(18)9-22;/h7,14H,5-6,8-9,18H2,1-4H3;1H/t14-;/m1./s1. The fraction of sp³-hybridized carbons (Fsp3) is 0.529. The fourth-order valence-corrected chi connectivity index (χ4v) is 3.20. The van der Waals surface area contributed by atoms with Gasteiger partial charge in [0.05, 0.1) is 12.1 Å². The smallest absolute Gasteiger partial charge is 0.251 e. The molecule has 0 saturated carbocycles. The maximum atomic E-state index is 12.5. The Labute approximate surface area is 154 Å². The van der Waals surface area contributed by atoms with Gasteiger partial charge in [0.25, 0.3) is 5.95 Å². The molecule has 0 unspecified atom stereocenters. The summed E-state index contributed by atoms with van der Waals surface area (Å²) in [5, 5.41) is 4.55. The quantitative estimate of drug-likeness (QED) is 0.889. The molecule has 1 atom stereocenters. The van der Waals surface area contributed by atoms with Gasteiger partial charge in [0.1, 0.15) is 0 Å². The minimum absolute atomic E-state index is 0. The highest BCUT2D eigenvalue weighted by atomic mass is 35.5. The second-order valence-corrected chi connectivity index (χ2v) is 6.58. The van der Waals surface area contributed by atoms with Crippen molar-refractivity contribution in [3.05, 3.63) is 34.4 Å². The van der Waals surface area contributed by atoms with Crippen molar-refractivity contribution < 1.29 is 4.79 Å². The molecule has 2 N–H and O–H groups in total. The number of aryl methyl sites for hydroxylation is 3. The lowest BCUT2D eigenvalue weighted by molar-refractivity contribution is -0.129. The molecule has 136 valence electrons. The minimum atomic E-state index is 0. The molecule has 3 heterocycles. The van der Waals surface area contributed by atoms with E-state index in [0.717, 1.165) is 41.3 Å². The van der Waals surface area contributed by atoms with Crippen molar-refractivity contribution in [2.24, 2.45) is 5.73 Å². The van der Waals surface area contributed by atoms with E-state index in [9.17, 15) is 4.79 Å². The minimum Gasteiger partial charge on any atom is -0.341 e. The van der Waals surface area contributed by atoms with Gasteiger partial charge in [-0.25, -0.2) is 14.6 Å². The first kappa shape index (κ1) is 19.3. The van der Waals surface area contributed by atoms with Gasteiger partial charge in [-0.3, -0.25) is 4.79 Å². The average Bonchev–Trinajstić information content (AvgIpc) is 3.05. The lowest BCUT2D eigenvalue weighted by Gasteiger charge is -2.15. The zero-order valence-electron chi connectivity index (χ0n) is 15.1. The second-order valence-electron chi connectivity index (χ2n) is 6.58. The number of amides is 1. The van der Waals surface area contributed by atoms with Gasteiger partial charge in [-0.15, -0.1) is 12.4 Å². The van der Waals surface area contributed by atoms with Crippen molar-refractivity contribution in [2.75, 3.05) is 13.1 Å². The van der Waals surface area contributed by atoms with E-state index in [1.807, 2.05) is 38.7 Å². The zero-order chi connectivity index (χ0) is 17.4. The Balaban J connectivity index is 0.00000225. The van der Waals surface area contributed by atoms with E-state index in [4.69, 9.17) is 5.73 Å². The van der Waals surface area contributed by atoms with Crippen LogP contribution in [-0.4, -0.2) is 49.7 Å². The van der Waals surface area contributed by atoms with Crippen LogP contribution < -0.4 is 5.73 Å². The Hall–Kier alpha value is -1.99. The van der Waals surface area contributed by atoms with Gasteiger partial charge in [-0.1, -0.05) is 0 Å². The van der Waals surface area contributed by atoms with Crippen LogP contribution in [0.1, 0.15) is 34.8 Å². The van der Waals surface area contributed by atoms with Crippen molar-refractivity contribution >= 4 is 18.3 Å². The molecular weight excluding hydrogens is 340 g/mol. The van der Waals surface area contributed by atoms with Gasteiger partial charge >= 0.3 is 0 Å². The third-order valence-electron chi connectivity index (χ3n) is 4.51. The Bertz CT molecular complexity index is 767. The molecule has 1 amide bonds. The first-order valence-corrected chi connectivity index (χ1v) is 8.26. The summed E-state index contributed by atoms with van der Waals surface area (Å²) in [4.78, 5) is 23.3. The molecular formula is C17H25ClN6O. The highest BCUT2D eigenvalue weighted by molar-refractivity contribution is 5.85. The maximum Gasteiger partial charge on any atom is 0.251 e. The number of hydrogen-bond acceptors (Lipinski definition) is 5. The molecule has 0 bridgehead atoms. The van der Waals surface area contributed by atoms with Crippen LogP contribution in [0.5, 0.6) is 0 Å². The Kier molecular flexibility index (Phi) is 5.80. The monoisotopic (exact) mass is 364 g/mol. The van der Waals surface area contributed by atoms with Crippen LogP contribution in [0.2, 0.25) is 0 Å². The van der Waals surface area contributed by atoms with Crippen LogP contribution in [-0.2, 0) is 11.2 Å². The topological polar surface area (TPSA) is 89.9 Å². The van der Waals surface area contributed by atoms with Gasteiger partial charge in [0, 0.05) is 41.8 Å². The molecule has 3 rings (SSSR count). The van der Waals surface area contributed by atoms with Gasteiger partial charge < -0.3 is 10.6 Å². The summed E-state index contributed by atoms with van der Waals surface area (Å²) in [6, 6.07) is 2.03. The molecule has 2 aromatic heterocycles. The van der Waals surface area contributed by atoms with Gasteiger partial charge in [0.15, 0.2) is 0 Å². The number of rotatable bonds is 3. The fourth-order valence-electron chi connectivity index (χ4n) is 3.20. The number of nitrogens with zero attached hydrogens (tertiary/aromatic N) is 5. The third-order valence-corrected chi connectivity index (χ3v) is 4.51. The number of likely N-dealkylation sites (tertiary alicyclic amines) is 1. The van der Waals surface area contributed by atoms with Crippen molar-refractivity contribution in [2.45, 2.75) is 46.6 Å². The predicted molar refractivity (Wildman–Crippen MR) is 98.2 cm³/mol. The average molecular weight is 365 g/mol. The Morgan fingerprint density at radius 2 is 1.88 bits per heavy atom. The van der Waals surface area contributed by atoms with Gasteiger partial charge in [0.2, 0.25) is 5.91 Å². The molecule has 25 heavy (non-hydrogen) atoms. The number of carbonyl (C=O) groups is 1. The number of hydrogen-bond donors (Lipinski definition) is 1. The van der Waals surface area contributed by atoms with Crippen molar-refractivity contribution in [3.8, 4) is 5.95 Å². The molecule has 0 aromatic carbocycles. The summed E-state index contributed by atoms with van der Waals surface area (Å²) < 4.78 is 1.73. The lowest BCUT2D eigenvalue weighted by atomic mass is 10.1. The molecule has 1 fully saturated rings. The SMILES string of the molecule is Cc1cc(C)nc(-n2nc(C)c(CC(=O)N3CC[C@@H](N)C3)c2C)n1.Cl. The molecule has 0 spiro atoms. The summed E-state index contributed by atoms with van der Waals surface area (Å²) in [6.07, 6.45) is 1.22. The Morgan fingerprint density at radius 1 is 1.24 bits per heavy atom. The first-order valence-electron chi connectivity index (χ1n) is 8.26. The van der Waals surface area contributed by atoms with E-state index < -0.39 is 0 Å². The van der Waals surface area contributed by atoms with Crippen LogP contribution in [0.25, 0.3) is 5.95 Å². The number of halogens is 1. The summed E-state index contributed by atoms with van der Waals surface area (Å²) in [6.45, 7) is 9.14. The van der Waals surface area contributed by atoms with Crippen molar-refractivity contribution in [3.63, 3.8) is 0 Å². The van der Waals surface area contributed by atoms with E-state index in [2.05, 4.69) is 15.1 Å². The molecule has 7 nitrogen and oxygen atoms in total. The normalized spacial score (nSPS) is 16.8. The Morgan fingerprint density at radius 3 is 2.44 bits per heavy atom. The van der Waals surface area contributed by atoms with E-state index in [0.29, 0.717) is 18.9 Å². The van der Waals surface area contributed by atoms with Crippen LogP contribution in [0.3, 0.4) is 0 Å². The predicted octanol–water partition coefficient (Wildman–Crippen LogP) is 1.42.